The van der Waals surface area contributed by atoms with E-state index < -0.39 is 5.03 Å². The predicted molar refractivity (Wildman–Crippen MR) is 59.8 cm³/mol. The fourth-order valence-corrected chi connectivity index (χ4v) is 1.43. The summed E-state index contributed by atoms with van der Waals surface area (Å²) in [6.07, 6.45) is 0.905. The second-order valence-corrected chi connectivity index (χ2v) is 3.85. The van der Waals surface area contributed by atoms with Gasteiger partial charge in [-0.05, 0) is 6.42 Å². The van der Waals surface area contributed by atoms with Gasteiger partial charge in [-0.25, -0.2) is 10.1 Å². The average molecular weight is 244 g/mol. The lowest BCUT2D eigenvalue weighted by Gasteiger charge is -2.17. The molecule has 0 bridgehead atoms. The summed E-state index contributed by atoms with van der Waals surface area (Å²) in [7, 11) is 1.43. The van der Waals surface area contributed by atoms with Crippen LogP contribution in [-0.2, 0) is 9.53 Å². The number of nitrogens with one attached hydrogen (secondary N) is 1. The van der Waals surface area contributed by atoms with E-state index in [0.29, 0.717) is 25.7 Å². The molecule has 0 spiro atoms. The number of carbonyl (C=O) groups excluding carboxylic acids is 1. The molecule has 1 aliphatic rings. The van der Waals surface area contributed by atoms with E-state index in [-0.39, 0.29) is 11.9 Å². The number of nitro groups is 1. The number of carbonyl (C=O) groups is 1. The second-order valence-electron chi connectivity index (χ2n) is 3.85. The first-order chi connectivity index (χ1) is 8.00. The highest BCUT2D eigenvalue weighted by Gasteiger charge is 2.19. The fraction of sp³-hybridized carbons (Fsp3) is 0.778. The Morgan fingerprint density at radius 1 is 1.71 bits per heavy atom. The molecule has 0 aromatic heterocycles. The van der Waals surface area contributed by atoms with Gasteiger partial charge in [0.2, 0.25) is 5.91 Å². The van der Waals surface area contributed by atoms with Crippen molar-refractivity contribution in [2.75, 3.05) is 26.8 Å². The van der Waals surface area contributed by atoms with Crippen molar-refractivity contribution in [3.63, 3.8) is 0 Å². The normalized spacial score (nSPS) is 20.1. The Morgan fingerprint density at radius 3 is 2.88 bits per heavy atom. The summed E-state index contributed by atoms with van der Waals surface area (Å²) >= 11 is 0. The molecule has 96 valence electrons. The Kier molecular flexibility index (Phi) is 4.83. The van der Waals surface area contributed by atoms with Gasteiger partial charge in [0.1, 0.15) is 5.10 Å². The van der Waals surface area contributed by atoms with Gasteiger partial charge in [-0.3, -0.25) is 9.69 Å². The van der Waals surface area contributed by atoms with Gasteiger partial charge in [-0.2, -0.15) is 0 Å². The van der Waals surface area contributed by atoms with Crippen LogP contribution in [0.4, 0.5) is 0 Å². The van der Waals surface area contributed by atoms with Gasteiger partial charge >= 0.3 is 0 Å². The standard InChI is InChI=1S/C9H16N4O4/c1-7(14)12(2)9(11-13(15)16)10-5-8-3-4-17-6-8/h8H,3-6H2,1-2H3,(H,10,11). The number of nitrogens with zero attached hydrogens (tertiary/aromatic N) is 3. The number of hydrogen-bond donors (Lipinski definition) is 1. The molecule has 8 heteroatoms. The summed E-state index contributed by atoms with van der Waals surface area (Å²) in [4.78, 5) is 22.6. The van der Waals surface area contributed by atoms with E-state index in [1.165, 1.54) is 14.0 Å². The van der Waals surface area contributed by atoms with E-state index in [1.54, 1.807) is 0 Å². The van der Waals surface area contributed by atoms with E-state index in [4.69, 9.17) is 4.74 Å². The third-order valence-electron chi connectivity index (χ3n) is 2.54. The molecule has 1 amide bonds. The molecule has 1 saturated heterocycles. The lowest BCUT2D eigenvalue weighted by Crippen LogP contribution is -2.43. The molecule has 0 aromatic carbocycles. The minimum absolute atomic E-state index is 0.0469. The largest absolute Gasteiger partial charge is 0.381 e. The zero-order valence-corrected chi connectivity index (χ0v) is 9.88. The summed E-state index contributed by atoms with van der Waals surface area (Å²) in [5, 5.41) is 15.5. The van der Waals surface area contributed by atoms with Crippen molar-refractivity contribution in [3.05, 3.63) is 10.1 Å². The highest BCUT2D eigenvalue weighted by Crippen LogP contribution is 2.10. The molecule has 1 rings (SSSR count). The summed E-state index contributed by atoms with van der Waals surface area (Å²) in [6, 6.07) is 0. The van der Waals surface area contributed by atoms with Crippen LogP contribution in [0.25, 0.3) is 0 Å². The molecule has 8 nitrogen and oxygen atoms in total. The Morgan fingerprint density at radius 2 is 2.41 bits per heavy atom. The van der Waals surface area contributed by atoms with E-state index >= 15 is 0 Å². The molecule has 0 aliphatic carbocycles. The third kappa shape index (κ3) is 4.35. The maximum atomic E-state index is 11.1. The van der Waals surface area contributed by atoms with Crippen LogP contribution in [0.3, 0.4) is 0 Å². The third-order valence-corrected chi connectivity index (χ3v) is 2.54. The van der Waals surface area contributed by atoms with E-state index in [9.17, 15) is 14.9 Å². The van der Waals surface area contributed by atoms with E-state index in [1.807, 2.05) is 0 Å². The van der Waals surface area contributed by atoms with Crippen LogP contribution >= 0.6 is 0 Å². The van der Waals surface area contributed by atoms with Gasteiger partial charge < -0.3 is 10.1 Å². The molecular weight excluding hydrogens is 228 g/mol. The predicted octanol–water partition coefficient (Wildman–Crippen LogP) is -0.361. The summed E-state index contributed by atoms with van der Waals surface area (Å²) in [5.41, 5.74) is 0. The summed E-state index contributed by atoms with van der Waals surface area (Å²) in [6.45, 7) is 3.15. The zero-order valence-electron chi connectivity index (χ0n) is 9.88. The van der Waals surface area contributed by atoms with Crippen LogP contribution in [0.1, 0.15) is 13.3 Å². The van der Waals surface area contributed by atoms with Crippen LogP contribution in [0, 0.1) is 16.0 Å². The van der Waals surface area contributed by atoms with Crippen molar-refractivity contribution in [1.82, 2.24) is 10.2 Å². The maximum Gasteiger partial charge on any atom is 0.277 e. The van der Waals surface area contributed by atoms with Crippen molar-refractivity contribution >= 4 is 11.9 Å². The van der Waals surface area contributed by atoms with Crippen molar-refractivity contribution < 1.29 is 14.6 Å². The van der Waals surface area contributed by atoms with Crippen LogP contribution in [0.2, 0.25) is 0 Å². The molecule has 0 saturated carbocycles. The van der Waals surface area contributed by atoms with Crippen molar-refractivity contribution in [3.8, 4) is 0 Å². The molecule has 1 heterocycles. The number of guanidine groups is 1. The average Bonchev–Trinajstić information content (AvgIpc) is 2.75. The molecular formula is C9H16N4O4. The Labute approximate surface area is 98.8 Å². The minimum atomic E-state index is -0.826. The molecule has 1 atom stereocenters. The van der Waals surface area contributed by atoms with Crippen LogP contribution in [0.15, 0.2) is 5.10 Å². The van der Waals surface area contributed by atoms with Crippen LogP contribution in [-0.4, -0.2) is 48.6 Å². The molecule has 0 radical (unpaired) electrons. The smallest absolute Gasteiger partial charge is 0.277 e. The number of amides is 1. The number of hydrogen-bond acceptors (Lipinski definition) is 4. The Bertz CT molecular complexity index is 325. The monoisotopic (exact) mass is 244 g/mol. The Hall–Kier alpha value is -1.70. The zero-order chi connectivity index (χ0) is 12.8. The topological polar surface area (TPSA) is 97.1 Å². The molecule has 1 N–H and O–H groups in total. The Balaban J connectivity index is 2.57. The SMILES string of the molecule is CC(=O)N(C)/C(=N\[N+](=O)[O-])NCC1CCOC1. The highest BCUT2D eigenvalue weighted by molar-refractivity contribution is 5.95. The van der Waals surface area contributed by atoms with E-state index in [2.05, 4.69) is 10.4 Å². The molecule has 1 aliphatic heterocycles. The van der Waals surface area contributed by atoms with Crippen molar-refractivity contribution in [2.24, 2.45) is 11.0 Å². The van der Waals surface area contributed by atoms with Crippen molar-refractivity contribution in [1.29, 1.82) is 0 Å². The first-order valence-corrected chi connectivity index (χ1v) is 5.29. The molecule has 0 aromatic rings. The highest BCUT2D eigenvalue weighted by atomic mass is 16.7. The van der Waals surface area contributed by atoms with Gasteiger partial charge in [0, 0.05) is 33.0 Å². The van der Waals surface area contributed by atoms with Crippen LogP contribution < -0.4 is 5.32 Å². The lowest BCUT2D eigenvalue weighted by molar-refractivity contribution is -0.485. The van der Waals surface area contributed by atoms with E-state index in [0.717, 1.165) is 11.3 Å². The van der Waals surface area contributed by atoms with Crippen molar-refractivity contribution in [2.45, 2.75) is 13.3 Å². The van der Waals surface area contributed by atoms with Gasteiger partial charge in [0.15, 0.2) is 5.03 Å². The van der Waals surface area contributed by atoms with Gasteiger partial charge in [-0.15, -0.1) is 0 Å². The lowest BCUT2D eigenvalue weighted by atomic mass is 10.1. The quantitative estimate of drug-likeness (QED) is 0.316. The molecule has 17 heavy (non-hydrogen) atoms. The maximum absolute atomic E-state index is 11.1. The summed E-state index contributed by atoms with van der Waals surface area (Å²) < 4.78 is 5.18. The number of rotatable bonds is 3. The van der Waals surface area contributed by atoms with Gasteiger partial charge in [-0.1, -0.05) is 0 Å². The van der Waals surface area contributed by atoms with Gasteiger partial charge in [0.05, 0.1) is 6.61 Å². The van der Waals surface area contributed by atoms with Crippen LogP contribution in [0.5, 0.6) is 0 Å². The summed E-state index contributed by atoms with van der Waals surface area (Å²) in [5.74, 6) is -0.0671. The molecule has 1 fully saturated rings. The molecule has 1 unspecified atom stereocenters. The van der Waals surface area contributed by atoms with Gasteiger partial charge in [0.25, 0.3) is 5.96 Å². The second kappa shape index (κ2) is 6.14. The number of ether oxygens (including phenoxy) is 1. The minimum Gasteiger partial charge on any atom is -0.381 e. The first-order valence-electron chi connectivity index (χ1n) is 5.29. The fourth-order valence-electron chi connectivity index (χ4n) is 1.43. The number of hydrazone groups is 1. The first kappa shape index (κ1) is 13.4.